The second-order valence-electron chi connectivity index (χ2n) is 5.60. The fraction of sp³-hybridized carbons (Fsp3) is 0.263. The fourth-order valence-electron chi connectivity index (χ4n) is 2.15. The highest BCUT2D eigenvalue weighted by Crippen LogP contribution is 2.27. The first-order valence-electron chi connectivity index (χ1n) is 8.25. The van der Waals surface area contributed by atoms with Crippen molar-refractivity contribution in [3.8, 4) is 5.75 Å². The maximum absolute atomic E-state index is 12.1. The van der Waals surface area contributed by atoms with E-state index in [4.69, 9.17) is 27.9 Å². The fourth-order valence-corrected chi connectivity index (χ4v) is 2.61. The van der Waals surface area contributed by atoms with Crippen LogP contribution >= 0.6 is 23.2 Å². The first-order chi connectivity index (χ1) is 12.5. The number of carbonyl (C=O) groups excluding carboxylic acids is 2. The van der Waals surface area contributed by atoms with E-state index >= 15 is 0 Å². The van der Waals surface area contributed by atoms with Gasteiger partial charge in [0, 0.05) is 22.8 Å². The summed E-state index contributed by atoms with van der Waals surface area (Å²) < 4.78 is 5.39. The summed E-state index contributed by atoms with van der Waals surface area (Å²) in [6.45, 7) is 2.47. The molecule has 2 rings (SSSR count). The molecule has 0 spiro atoms. The Morgan fingerprint density at radius 1 is 1.12 bits per heavy atom. The number of anilines is 1. The molecule has 26 heavy (non-hydrogen) atoms. The molecule has 0 unspecified atom stereocenters. The zero-order valence-electron chi connectivity index (χ0n) is 14.4. The predicted molar refractivity (Wildman–Crippen MR) is 104 cm³/mol. The van der Waals surface area contributed by atoms with Crippen LogP contribution in [-0.4, -0.2) is 25.0 Å². The van der Waals surface area contributed by atoms with Crippen molar-refractivity contribution < 1.29 is 14.3 Å². The average Bonchev–Trinajstić information content (AvgIpc) is 2.61. The molecule has 2 amide bonds. The number of nitrogens with one attached hydrogen (secondary N) is 2. The largest absolute Gasteiger partial charge is 0.482 e. The maximum Gasteiger partial charge on any atom is 0.262 e. The van der Waals surface area contributed by atoms with Gasteiger partial charge >= 0.3 is 0 Å². The molecule has 2 aromatic rings. The van der Waals surface area contributed by atoms with E-state index in [1.807, 2.05) is 0 Å². The number of hydrogen-bond acceptors (Lipinski definition) is 3. The highest BCUT2D eigenvalue weighted by Gasteiger charge is 2.09. The normalized spacial score (nSPS) is 10.3. The van der Waals surface area contributed by atoms with Crippen LogP contribution in [0.2, 0.25) is 10.0 Å². The van der Waals surface area contributed by atoms with Gasteiger partial charge in [0.2, 0.25) is 0 Å². The van der Waals surface area contributed by atoms with Crippen molar-refractivity contribution in [2.24, 2.45) is 0 Å². The molecule has 2 aromatic carbocycles. The Balaban J connectivity index is 1.90. The third kappa shape index (κ3) is 6.24. The van der Waals surface area contributed by atoms with Crippen LogP contribution in [0.25, 0.3) is 0 Å². The molecular formula is C19H20Cl2N2O3. The molecule has 0 aliphatic heterocycles. The molecule has 0 aromatic heterocycles. The summed E-state index contributed by atoms with van der Waals surface area (Å²) in [6, 6.07) is 11.5. The molecule has 0 radical (unpaired) electrons. The summed E-state index contributed by atoms with van der Waals surface area (Å²) in [4.78, 5) is 24.1. The first-order valence-corrected chi connectivity index (χ1v) is 9.01. The van der Waals surface area contributed by atoms with Gasteiger partial charge in [0.25, 0.3) is 11.8 Å². The lowest BCUT2D eigenvalue weighted by Gasteiger charge is -2.10. The third-order valence-corrected chi connectivity index (χ3v) is 4.01. The quantitative estimate of drug-likeness (QED) is 0.645. The number of ether oxygens (including phenoxy) is 1. The van der Waals surface area contributed by atoms with Crippen LogP contribution in [0.1, 0.15) is 30.1 Å². The zero-order valence-corrected chi connectivity index (χ0v) is 15.9. The molecule has 138 valence electrons. The van der Waals surface area contributed by atoms with E-state index < -0.39 is 0 Å². The topological polar surface area (TPSA) is 67.4 Å². The number of carbonyl (C=O) groups is 2. The Morgan fingerprint density at radius 2 is 1.92 bits per heavy atom. The Morgan fingerprint density at radius 3 is 2.65 bits per heavy atom. The van der Waals surface area contributed by atoms with E-state index in [9.17, 15) is 9.59 Å². The summed E-state index contributed by atoms with van der Waals surface area (Å²) in [5, 5.41) is 6.35. The summed E-state index contributed by atoms with van der Waals surface area (Å²) in [7, 11) is 0. The summed E-state index contributed by atoms with van der Waals surface area (Å²) in [5.74, 6) is -0.159. The van der Waals surface area contributed by atoms with Gasteiger partial charge in [0.05, 0.1) is 5.02 Å². The molecule has 0 aliphatic rings. The Bertz CT molecular complexity index is 781. The van der Waals surface area contributed by atoms with E-state index in [-0.39, 0.29) is 18.4 Å². The van der Waals surface area contributed by atoms with Crippen LogP contribution in [0.15, 0.2) is 42.5 Å². The highest BCUT2D eigenvalue weighted by molar-refractivity contribution is 6.35. The van der Waals surface area contributed by atoms with Gasteiger partial charge in [-0.1, -0.05) is 42.6 Å². The summed E-state index contributed by atoms with van der Waals surface area (Å²) in [6.07, 6.45) is 1.93. The molecule has 2 N–H and O–H groups in total. The van der Waals surface area contributed by atoms with Crippen LogP contribution in [0.4, 0.5) is 5.69 Å². The number of hydrogen-bond donors (Lipinski definition) is 2. The van der Waals surface area contributed by atoms with Crippen molar-refractivity contribution in [2.45, 2.75) is 19.8 Å². The van der Waals surface area contributed by atoms with Gasteiger partial charge in [-0.3, -0.25) is 9.59 Å². The van der Waals surface area contributed by atoms with E-state index in [1.54, 1.807) is 36.4 Å². The Labute approximate surface area is 162 Å². The SMILES string of the molecule is CCCCNC(=O)c1cccc(NC(=O)COc2ccc(Cl)cc2Cl)c1. The molecule has 0 aliphatic carbocycles. The average molecular weight is 395 g/mol. The van der Waals surface area contributed by atoms with Gasteiger partial charge in [-0.25, -0.2) is 0 Å². The lowest BCUT2D eigenvalue weighted by Crippen LogP contribution is -2.25. The van der Waals surface area contributed by atoms with Crippen LogP contribution in [0.5, 0.6) is 5.75 Å². The minimum Gasteiger partial charge on any atom is -0.482 e. The van der Waals surface area contributed by atoms with Crippen molar-refractivity contribution in [2.75, 3.05) is 18.5 Å². The van der Waals surface area contributed by atoms with E-state index in [0.717, 1.165) is 12.8 Å². The maximum atomic E-state index is 12.1. The van der Waals surface area contributed by atoms with Crippen LogP contribution < -0.4 is 15.4 Å². The molecule has 0 fully saturated rings. The standard InChI is InChI=1S/C19H20Cl2N2O3/c1-2-3-9-22-19(25)13-5-4-6-15(10-13)23-18(24)12-26-17-8-7-14(20)11-16(17)21/h4-8,10-11H,2-3,9,12H2,1H3,(H,22,25)(H,23,24). The van der Waals surface area contributed by atoms with Gasteiger partial charge in [-0.2, -0.15) is 0 Å². The Kier molecular flexibility index (Phi) is 7.75. The molecular weight excluding hydrogens is 375 g/mol. The van der Waals surface area contributed by atoms with Gasteiger partial charge in [-0.15, -0.1) is 0 Å². The third-order valence-electron chi connectivity index (χ3n) is 3.48. The smallest absolute Gasteiger partial charge is 0.262 e. The highest BCUT2D eigenvalue weighted by atomic mass is 35.5. The van der Waals surface area contributed by atoms with Crippen molar-refractivity contribution in [1.82, 2.24) is 5.32 Å². The van der Waals surface area contributed by atoms with Crippen molar-refractivity contribution in [1.29, 1.82) is 0 Å². The van der Waals surface area contributed by atoms with Gasteiger partial charge < -0.3 is 15.4 Å². The number of amides is 2. The second kappa shape index (κ2) is 10.0. The van der Waals surface area contributed by atoms with Crippen molar-refractivity contribution in [3.05, 3.63) is 58.1 Å². The Hall–Kier alpha value is -2.24. The summed E-state index contributed by atoms with van der Waals surface area (Å²) in [5.41, 5.74) is 1.00. The molecule has 0 saturated heterocycles. The minimum absolute atomic E-state index is 0.168. The lowest BCUT2D eigenvalue weighted by atomic mass is 10.2. The number of rotatable bonds is 8. The predicted octanol–water partition coefficient (Wildman–Crippen LogP) is 4.54. The van der Waals surface area contributed by atoms with Gasteiger partial charge in [0.1, 0.15) is 5.75 Å². The number of halogens is 2. The molecule has 0 atom stereocenters. The second-order valence-corrected chi connectivity index (χ2v) is 6.45. The van der Waals surface area contributed by atoms with Crippen LogP contribution in [-0.2, 0) is 4.79 Å². The monoisotopic (exact) mass is 394 g/mol. The van der Waals surface area contributed by atoms with Crippen molar-refractivity contribution in [3.63, 3.8) is 0 Å². The molecule has 0 bridgehead atoms. The molecule has 0 saturated carbocycles. The lowest BCUT2D eigenvalue weighted by molar-refractivity contribution is -0.118. The van der Waals surface area contributed by atoms with E-state index in [2.05, 4.69) is 17.6 Å². The summed E-state index contributed by atoms with van der Waals surface area (Å²) >= 11 is 11.8. The molecule has 7 heteroatoms. The first kappa shape index (κ1) is 20.1. The van der Waals surface area contributed by atoms with Crippen molar-refractivity contribution >= 4 is 40.7 Å². The zero-order chi connectivity index (χ0) is 18.9. The van der Waals surface area contributed by atoms with E-state index in [1.165, 1.54) is 6.07 Å². The van der Waals surface area contributed by atoms with Crippen LogP contribution in [0.3, 0.4) is 0 Å². The van der Waals surface area contributed by atoms with Gasteiger partial charge in [0.15, 0.2) is 6.61 Å². The van der Waals surface area contributed by atoms with E-state index in [0.29, 0.717) is 33.6 Å². The van der Waals surface area contributed by atoms with Crippen LogP contribution in [0, 0.1) is 0 Å². The molecule has 5 nitrogen and oxygen atoms in total. The minimum atomic E-state index is -0.362. The molecule has 0 heterocycles. The van der Waals surface area contributed by atoms with Gasteiger partial charge in [-0.05, 0) is 42.8 Å². The number of benzene rings is 2. The number of unbranched alkanes of at least 4 members (excludes halogenated alkanes) is 1.